The van der Waals surface area contributed by atoms with Crippen LogP contribution < -0.4 is 0 Å². The first-order chi connectivity index (χ1) is 10.1. The zero-order valence-electron chi connectivity index (χ0n) is 12.7. The predicted octanol–water partition coefficient (Wildman–Crippen LogP) is 4.65. The summed E-state index contributed by atoms with van der Waals surface area (Å²) < 4.78 is 0.918. The molecule has 0 saturated carbocycles. The van der Waals surface area contributed by atoms with E-state index in [-0.39, 0.29) is 0 Å². The van der Waals surface area contributed by atoms with Crippen LogP contribution in [0.2, 0.25) is 47.7 Å². The molecule has 11 heterocycles. The molecule has 0 aliphatic carbocycles. The monoisotopic (exact) mass is 324 g/mol. The summed E-state index contributed by atoms with van der Waals surface area (Å²) in [5.74, 6) is 1.80. The van der Waals surface area contributed by atoms with Crippen LogP contribution in [0.5, 0.6) is 0 Å². The molecule has 11 rings (SSSR count). The summed E-state index contributed by atoms with van der Waals surface area (Å²) in [7, 11) is 0. The van der Waals surface area contributed by atoms with Gasteiger partial charge in [0.2, 0.25) is 0 Å². The van der Waals surface area contributed by atoms with E-state index >= 15 is 0 Å². The third kappa shape index (κ3) is 0.118. The van der Waals surface area contributed by atoms with Gasteiger partial charge in [0.1, 0.15) is 0 Å². The van der Waals surface area contributed by atoms with Gasteiger partial charge in [0.15, 0.2) is 0 Å². The van der Waals surface area contributed by atoms with Crippen LogP contribution in [0.3, 0.4) is 0 Å². The topological polar surface area (TPSA) is 15.6 Å². The van der Waals surface area contributed by atoms with Gasteiger partial charge in [-0.2, -0.15) is 0 Å². The maximum atomic E-state index is 5.27. The molecule has 10 saturated heterocycles. The van der Waals surface area contributed by atoms with E-state index in [1.54, 1.807) is 5.84 Å². The molecule has 2 nitrogen and oxygen atoms in total. The van der Waals surface area contributed by atoms with Gasteiger partial charge in [0.05, 0.1) is 0 Å². The van der Waals surface area contributed by atoms with Crippen molar-refractivity contribution in [1.29, 1.82) is 0 Å². The first-order valence-electron chi connectivity index (χ1n) is 9.61. The molecule has 0 aromatic rings. The number of hydrogen-bond donors (Lipinski definition) is 0. The maximum absolute atomic E-state index is 5.27. The van der Waals surface area contributed by atoms with Gasteiger partial charge in [-0.15, -0.1) is 0 Å². The van der Waals surface area contributed by atoms with E-state index < -0.39 is 6.51 Å². The molecule has 11 aliphatic rings. The molecule has 4 unspecified atom stereocenters. The van der Waals surface area contributed by atoms with Gasteiger partial charge in [-0.25, -0.2) is 0 Å². The first kappa shape index (κ1) is 8.73. The molecular weight excluding hydrogens is 300 g/mol. The summed E-state index contributed by atoms with van der Waals surface area (Å²) >= 11 is 0. The Morgan fingerprint density at radius 3 is 2.19 bits per heavy atom. The van der Waals surface area contributed by atoms with Crippen molar-refractivity contribution in [3.63, 3.8) is 0 Å². The van der Waals surface area contributed by atoms with Crippen LogP contribution in [0.25, 0.3) is 0 Å². The molecule has 0 amide bonds. The molecule has 10 fully saturated rings. The van der Waals surface area contributed by atoms with E-state index in [0.717, 1.165) is 10.9 Å². The molecule has 3 heteroatoms. The average molecular weight is 324 g/mol. The fraction of sp³-hybridized carbons (Fsp3) is 0.944. The van der Waals surface area contributed by atoms with Gasteiger partial charge >= 0.3 is 116 Å². The van der Waals surface area contributed by atoms with E-state index in [1.165, 1.54) is 75.7 Å². The van der Waals surface area contributed by atoms with E-state index in [1.807, 2.05) is 0 Å². The van der Waals surface area contributed by atoms with Crippen LogP contribution in [0, 0.1) is 0 Å². The Morgan fingerprint density at radius 2 is 1.71 bits per heavy atom. The van der Waals surface area contributed by atoms with Gasteiger partial charge < -0.3 is 0 Å². The summed E-state index contributed by atoms with van der Waals surface area (Å²) in [4.78, 5) is 21.1. The van der Waals surface area contributed by atoms with Gasteiger partial charge in [0, 0.05) is 0 Å². The summed E-state index contributed by atoms with van der Waals surface area (Å²) in [5.41, 5.74) is 0. The molecule has 0 bridgehead atoms. The van der Waals surface area contributed by atoms with Crippen molar-refractivity contribution in [3.05, 3.63) is 0 Å². The number of aliphatic imine (C=N–C) groups is 1. The molecule has 0 aromatic carbocycles. The number of fused-ring (bicyclic) bond motifs is 10. The third-order valence-electron chi connectivity index (χ3n) is 17.0. The molecule has 21 heavy (non-hydrogen) atoms. The molecule has 4 atom stereocenters. The second-order valence-electron chi connectivity index (χ2n) is 12.6. The summed E-state index contributed by atoms with van der Waals surface area (Å²) in [6, 6.07) is 0. The second-order valence-corrected chi connectivity index (χ2v) is 36.1. The number of rotatable bonds is 5. The second kappa shape index (κ2) is 0.871. The Labute approximate surface area is 116 Å². The Morgan fingerprint density at radius 1 is 1.05 bits per heavy atom. The minimum atomic E-state index is -2.93. The first-order valence-corrected chi connectivity index (χ1v) is 15.9. The van der Waals surface area contributed by atoms with Crippen molar-refractivity contribution < 1.29 is 6.51 Å². The predicted molar refractivity (Wildman–Crippen MR) is 79.8 cm³/mol. The van der Waals surface area contributed by atoms with E-state index in [0.29, 0.717) is 0 Å². The molecule has 0 radical (unpaired) electrons. The van der Waals surface area contributed by atoms with E-state index in [2.05, 4.69) is 11.8 Å². The van der Waals surface area contributed by atoms with Gasteiger partial charge in [-0.05, 0) is 0 Å². The Balaban J connectivity index is 1.21. The quantitative estimate of drug-likeness (QED) is 0.531. The van der Waals surface area contributed by atoms with Crippen molar-refractivity contribution in [2.45, 2.75) is 73.8 Å². The fourth-order valence-electron chi connectivity index (χ4n) is 18.4. The van der Waals surface area contributed by atoms with Crippen LogP contribution in [-0.4, -0.2) is 30.4 Å². The number of nitrogens with zero attached hydrogens (tertiary/aromatic N) is 2. The molecular formula is C18H24FeN2. The zero-order chi connectivity index (χ0) is 13.1. The third-order valence-corrected chi connectivity index (χ3v) is 59.3. The van der Waals surface area contributed by atoms with Crippen LogP contribution >= 0.6 is 0 Å². The van der Waals surface area contributed by atoms with Crippen molar-refractivity contribution in [3.8, 4) is 0 Å². The number of hydrogen-bond acceptors (Lipinski definition) is 2. The van der Waals surface area contributed by atoms with Gasteiger partial charge in [-0.1, -0.05) is 0 Å². The molecule has 114 valence electrons. The fourth-order valence-corrected chi connectivity index (χ4v) is 92.3. The SMILES string of the molecule is CCCCCN1CCN=C1[C]12[CH]3[CH]4[CH]5[CH]1[Fe]45321678[CH]2[CH]1[CH]6[CH]7[CH]28. The Kier molecular flexibility index (Phi) is 0.362. The van der Waals surface area contributed by atoms with Crippen molar-refractivity contribution in [1.82, 2.24) is 4.90 Å². The van der Waals surface area contributed by atoms with E-state index in [9.17, 15) is 0 Å². The Bertz CT molecular complexity index is 1020. The molecule has 11 aliphatic heterocycles. The van der Waals surface area contributed by atoms with Crippen LogP contribution in [0.15, 0.2) is 4.99 Å². The summed E-state index contributed by atoms with van der Waals surface area (Å²) in [6.45, 7) is 3.20. The summed E-state index contributed by atoms with van der Waals surface area (Å²) in [5, 5.41) is 0. The normalized spacial score (nSPS) is 102. The van der Waals surface area contributed by atoms with Crippen LogP contribution in [0.1, 0.15) is 26.2 Å². The molecule has 0 N–H and O–H groups in total. The average Bonchev–Trinajstić information content (AvgIpc) is 3.39. The van der Waals surface area contributed by atoms with Crippen molar-refractivity contribution >= 4 is 5.84 Å². The van der Waals surface area contributed by atoms with Gasteiger partial charge in [-0.3, -0.25) is 0 Å². The number of amidine groups is 1. The van der Waals surface area contributed by atoms with Gasteiger partial charge in [0.25, 0.3) is 0 Å². The minimum absolute atomic E-state index is 0.918. The standard InChI is InChI=1S/C13H19N2.C5H5.Fe/c1-2-3-6-10-15-11-9-14-13(15)12-7-4-5-8-12;1-2-4-5-3-1;/h4-5,7-8H,2-3,6,9-11H2,1H3;1-5H;. The zero-order valence-corrected chi connectivity index (χ0v) is 13.8. The Hall–Kier alpha value is -0.0105. The van der Waals surface area contributed by atoms with E-state index in [4.69, 9.17) is 4.99 Å². The molecule has 0 aromatic heterocycles. The van der Waals surface area contributed by atoms with Crippen molar-refractivity contribution in [2.24, 2.45) is 4.99 Å². The summed E-state index contributed by atoms with van der Waals surface area (Å²) in [6.07, 6.45) is 4.20. The molecule has 1 spiro atoms. The van der Waals surface area contributed by atoms with Crippen LogP contribution in [0.4, 0.5) is 0 Å². The number of unbranched alkanes of at least 4 members (excludes halogenated alkanes) is 2. The van der Waals surface area contributed by atoms with Crippen molar-refractivity contribution in [2.75, 3.05) is 19.6 Å². The van der Waals surface area contributed by atoms with Crippen LogP contribution in [-0.2, 0) is 6.51 Å².